The van der Waals surface area contributed by atoms with Gasteiger partial charge in [0, 0.05) is 10.0 Å². The number of phenolic OH excluding ortho intramolecular Hbond substituents is 1. The number of phenols is 1. The summed E-state index contributed by atoms with van der Waals surface area (Å²) in [6.45, 7) is 0. The fraction of sp³-hybridized carbons (Fsp3) is 0.0769. The van der Waals surface area contributed by atoms with Gasteiger partial charge in [0.15, 0.2) is 11.5 Å². The van der Waals surface area contributed by atoms with Crippen LogP contribution < -0.4 is 10.2 Å². The molecule has 0 unspecified atom stereocenters. The van der Waals surface area contributed by atoms with Gasteiger partial charge in [-0.05, 0) is 23.6 Å². The van der Waals surface area contributed by atoms with E-state index in [4.69, 9.17) is 4.74 Å². The maximum Gasteiger partial charge on any atom is 0.281 e. The van der Waals surface area contributed by atoms with E-state index in [0.717, 1.165) is 4.47 Å². The molecular weight excluding hydrogens is 344 g/mol. The predicted molar refractivity (Wildman–Crippen MR) is 81.7 cm³/mol. The van der Waals surface area contributed by atoms with E-state index >= 15 is 0 Å². The highest BCUT2D eigenvalue weighted by atomic mass is 79.9. The number of rotatable bonds is 4. The fourth-order valence-corrected chi connectivity index (χ4v) is 2.54. The first-order chi connectivity index (χ1) is 9.61. The molecule has 2 N–H and O–H groups in total. The van der Waals surface area contributed by atoms with Gasteiger partial charge in [-0.15, -0.1) is 11.3 Å². The molecule has 5 nitrogen and oxygen atoms in total. The number of hydrogen-bond acceptors (Lipinski definition) is 5. The Morgan fingerprint density at radius 1 is 1.55 bits per heavy atom. The van der Waals surface area contributed by atoms with E-state index in [1.165, 1.54) is 24.7 Å². The highest BCUT2D eigenvalue weighted by molar-refractivity contribution is 9.10. The van der Waals surface area contributed by atoms with Gasteiger partial charge in [-0.25, -0.2) is 5.43 Å². The number of methoxy groups -OCH3 is 1. The third-order valence-corrected chi connectivity index (χ3v) is 3.73. The Bertz CT molecular complexity index is 641. The van der Waals surface area contributed by atoms with Crippen molar-refractivity contribution in [2.75, 3.05) is 7.11 Å². The normalized spacial score (nSPS) is 10.7. The number of amides is 1. The summed E-state index contributed by atoms with van der Waals surface area (Å²) in [7, 11) is 1.46. The molecule has 0 fully saturated rings. The second-order valence-corrected chi connectivity index (χ2v) is 5.59. The van der Waals surface area contributed by atoms with Crippen LogP contribution in [0.25, 0.3) is 0 Å². The lowest BCUT2D eigenvalue weighted by Crippen LogP contribution is -2.16. The maximum atomic E-state index is 11.7. The van der Waals surface area contributed by atoms with Crippen LogP contribution in [0.4, 0.5) is 0 Å². The van der Waals surface area contributed by atoms with Crippen LogP contribution in [-0.2, 0) is 0 Å². The number of nitrogens with one attached hydrogen (secondary N) is 1. The molecule has 0 bridgehead atoms. The van der Waals surface area contributed by atoms with E-state index in [1.54, 1.807) is 24.3 Å². The van der Waals surface area contributed by atoms with Gasteiger partial charge in [0.05, 0.1) is 18.2 Å². The number of hydrogen-bond donors (Lipinski definition) is 2. The van der Waals surface area contributed by atoms with Crippen molar-refractivity contribution < 1.29 is 14.6 Å². The van der Waals surface area contributed by atoms with Crippen LogP contribution in [0.3, 0.4) is 0 Å². The Morgan fingerprint density at radius 2 is 2.35 bits per heavy atom. The lowest BCUT2D eigenvalue weighted by atomic mass is 10.2. The highest BCUT2D eigenvalue weighted by Gasteiger charge is 2.08. The van der Waals surface area contributed by atoms with Crippen LogP contribution in [0.5, 0.6) is 11.5 Å². The van der Waals surface area contributed by atoms with Crippen molar-refractivity contribution in [2.45, 2.75) is 0 Å². The molecule has 104 valence electrons. The van der Waals surface area contributed by atoms with Crippen LogP contribution >= 0.6 is 27.3 Å². The van der Waals surface area contributed by atoms with Crippen LogP contribution in [-0.4, -0.2) is 24.3 Å². The molecule has 20 heavy (non-hydrogen) atoms. The van der Waals surface area contributed by atoms with E-state index in [9.17, 15) is 9.90 Å². The molecule has 0 atom stereocenters. The number of halogens is 1. The zero-order valence-corrected chi connectivity index (χ0v) is 12.9. The van der Waals surface area contributed by atoms with Gasteiger partial charge < -0.3 is 9.84 Å². The van der Waals surface area contributed by atoms with Gasteiger partial charge in [0.25, 0.3) is 5.91 Å². The van der Waals surface area contributed by atoms with Gasteiger partial charge in [-0.2, -0.15) is 5.10 Å². The van der Waals surface area contributed by atoms with Crippen LogP contribution in [0.15, 0.2) is 39.2 Å². The third kappa shape index (κ3) is 3.37. The Morgan fingerprint density at radius 3 is 3.00 bits per heavy atom. The third-order valence-electron chi connectivity index (χ3n) is 2.40. The number of benzene rings is 1. The molecule has 1 aromatic carbocycles. The molecule has 0 aliphatic heterocycles. The summed E-state index contributed by atoms with van der Waals surface area (Å²) < 4.78 is 5.76. The molecular formula is C13H11BrN2O3S. The number of ether oxygens (including phenoxy) is 1. The van der Waals surface area contributed by atoms with Crippen molar-refractivity contribution in [2.24, 2.45) is 5.10 Å². The monoisotopic (exact) mass is 354 g/mol. The van der Waals surface area contributed by atoms with E-state index in [2.05, 4.69) is 26.5 Å². The molecule has 0 saturated heterocycles. The second-order valence-electron chi connectivity index (χ2n) is 3.72. The second kappa shape index (κ2) is 6.53. The number of carbonyl (C=O) groups is 1. The molecule has 2 rings (SSSR count). The molecule has 1 amide bonds. The first kappa shape index (κ1) is 14.5. The molecule has 0 radical (unpaired) electrons. The van der Waals surface area contributed by atoms with Crippen molar-refractivity contribution in [3.05, 3.63) is 44.6 Å². The zero-order chi connectivity index (χ0) is 14.5. The average Bonchev–Trinajstić information content (AvgIpc) is 2.96. The minimum Gasteiger partial charge on any atom is -0.504 e. The summed E-state index contributed by atoms with van der Waals surface area (Å²) in [5.74, 6) is -0.00654. The van der Waals surface area contributed by atoms with Crippen LogP contribution in [0, 0.1) is 0 Å². The first-order valence-electron chi connectivity index (χ1n) is 5.55. The predicted octanol–water partition coefficient (Wildman–Crippen LogP) is 2.99. The summed E-state index contributed by atoms with van der Waals surface area (Å²) in [5.41, 5.74) is 2.82. The van der Waals surface area contributed by atoms with Gasteiger partial charge in [0.1, 0.15) is 0 Å². The van der Waals surface area contributed by atoms with Gasteiger partial charge in [0.2, 0.25) is 0 Å². The number of aromatic hydroxyl groups is 1. The maximum absolute atomic E-state index is 11.7. The minimum atomic E-state index is -0.294. The molecule has 0 aliphatic rings. The van der Waals surface area contributed by atoms with Gasteiger partial charge in [-0.1, -0.05) is 22.0 Å². The molecule has 1 heterocycles. The van der Waals surface area contributed by atoms with Crippen molar-refractivity contribution >= 4 is 39.4 Å². The van der Waals surface area contributed by atoms with E-state index < -0.39 is 0 Å². The van der Waals surface area contributed by atoms with Crippen molar-refractivity contribution in [3.8, 4) is 11.5 Å². The number of hydrazone groups is 1. The van der Waals surface area contributed by atoms with Crippen molar-refractivity contribution in [1.29, 1.82) is 0 Å². The highest BCUT2D eigenvalue weighted by Crippen LogP contribution is 2.32. The lowest BCUT2D eigenvalue weighted by molar-refractivity contribution is 0.0959. The average molecular weight is 355 g/mol. The Balaban J connectivity index is 2.12. The summed E-state index contributed by atoms with van der Waals surface area (Å²) in [6, 6.07) is 6.79. The van der Waals surface area contributed by atoms with Gasteiger partial charge >= 0.3 is 0 Å². The summed E-state index contributed by atoms with van der Waals surface area (Å²) in [6.07, 6.45) is 1.36. The first-order valence-corrected chi connectivity index (χ1v) is 7.22. The van der Waals surface area contributed by atoms with E-state index in [0.29, 0.717) is 16.2 Å². The number of carbonyl (C=O) groups excluding carboxylic acids is 1. The fourth-order valence-electron chi connectivity index (χ4n) is 1.47. The minimum absolute atomic E-state index is 0.0372. The topological polar surface area (TPSA) is 70.9 Å². The molecule has 0 spiro atoms. The molecule has 2 aromatic rings. The van der Waals surface area contributed by atoms with Gasteiger partial charge in [-0.3, -0.25) is 4.79 Å². The Labute approximate surface area is 128 Å². The Kier molecular flexibility index (Phi) is 4.75. The molecule has 0 saturated carbocycles. The van der Waals surface area contributed by atoms with E-state index in [1.807, 2.05) is 5.38 Å². The van der Waals surface area contributed by atoms with E-state index in [-0.39, 0.29) is 11.7 Å². The Hall–Kier alpha value is -1.86. The number of nitrogens with zero attached hydrogens (tertiary/aromatic N) is 1. The molecule has 7 heteroatoms. The van der Waals surface area contributed by atoms with Crippen molar-refractivity contribution in [1.82, 2.24) is 5.43 Å². The smallest absolute Gasteiger partial charge is 0.281 e. The van der Waals surface area contributed by atoms with Crippen molar-refractivity contribution in [3.63, 3.8) is 0 Å². The SMILES string of the molecule is COc1cc(Br)cc(/C=N/NC(=O)c2cccs2)c1O. The number of thiophene rings is 1. The quantitative estimate of drug-likeness (QED) is 0.654. The summed E-state index contributed by atoms with van der Waals surface area (Å²) in [4.78, 5) is 12.2. The summed E-state index contributed by atoms with van der Waals surface area (Å²) >= 11 is 4.63. The molecule has 1 aromatic heterocycles. The largest absolute Gasteiger partial charge is 0.504 e. The standard InChI is InChI=1S/C13H11BrN2O3S/c1-19-10-6-9(14)5-8(12(10)17)7-15-16-13(18)11-3-2-4-20-11/h2-7,17H,1H3,(H,16,18)/b15-7+. The van der Waals surface area contributed by atoms with Crippen LogP contribution in [0.2, 0.25) is 0 Å². The molecule has 0 aliphatic carbocycles. The van der Waals surface area contributed by atoms with Crippen LogP contribution in [0.1, 0.15) is 15.2 Å². The lowest BCUT2D eigenvalue weighted by Gasteiger charge is -2.06. The summed E-state index contributed by atoms with van der Waals surface area (Å²) in [5, 5.41) is 15.5. The zero-order valence-electron chi connectivity index (χ0n) is 10.5.